The second-order valence-corrected chi connectivity index (χ2v) is 2.59. The van der Waals surface area contributed by atoms with Gasteiger partial charge in [-0.3, -0.25) is 0 Å². The van der Waals surface area contributed by atoms with Gasteiger partial charge in [0.25, 0.3) is 0 Å². The van der Waals surface area contributed by atoms with E-state index in [0.29, 0.717) is 0 Å². The summed E-state index contributed by atoms with van der Waals surface area (Å²) in [5, 5.41) is 5.23. The van der Waals surface area contributed by atoms with Gasteiger partial charge in [0, 0.05) is 7.05 Å². The van der Waals surface area contributed by atoms with E-state index in [1.54, 1.807) is 7.05 Å². The summed E-state index contributed by atoms with van der Waals surface area (Å²) in [4.78, 5) is 10.7. The molecule has 2 amide bonds. The van der Waals surface area contributed by atoms with Gasteiger partial charge < -0.3 is 10.6 Å². The monoisotopic (exact) mass is 157 g/mol. The van der Waals surface area contributed by atoms with Gasteiger partial charge in [0.2, 0.25) is 0 Å². The number of carbonyl (C=O) groups is 1. The summed E-state index contributed by atoms with van der Waals surface area (Å²) in [7, 11) is 1.61. The average molecular weight is 157 g/mol. The number of unbranched alkanes of at least 4 members (excludes halogenated alkanes) is 1. The second kappa shape index (κ2) is 6.01. The zero-order valence-corrected chi connectivity index (χ0v) is 7.53. The minimum absolute atomic E-state index is 0.126. The Hall–Kier alpha value is -0.730. The Kier molecular flexibility index (Phi) is 5.61. The summed E-state index contributed by atoms with van der Waals surface area (Å²) < 4.78 is 0. The highest BCUT2D eigenvalue weighted by molar-refractivity contribution is 5.74. The van der Waals surface area contributed by atoms with E-state index in [2.05, 4.69) is 17.6 Å². The van der Waals surface area contributed by atoms with Crippen molar-refractivity contribution in [1.29, 1.82) is 0 Å². The quantitative estimate of drug-likeness (QED) is 0.640. The van der Waals surface area contributed by atoms with Crippen molar-refractivity contribution in [2.24, 2.45) is 0 Å². The highest BCUT2D eigenvalue weighted by Crippen LogP contribution is 2.05. The lowest BCUT2D eigenvalue weighted by atomic mass is 10.1. The van der Waals surface area contributed by atoms with Crippen molar-refractivity contribution in [1.82, 2.24) is 10.6 Å². The lowest BCUT2D eigenvalue weighted by Gasteiger charge is -2.10. The molecule has 0 rings (SSSR count). The van der Waals surface area contributed by atoms with Gasteiger partial charge >= 0.3 is 6.03 Å². The SMILES string of the molecule is CCCC[C](C)NC(=O)NC. The van der Waals surface area contributed by atoms with Crippen molar-refractivity contribution in [3.8, 4) is 0 Å². The fraction of sp³-hybridized carbons (Fsp3) is 0.750. The Labute approximate surface area is 68.6 Å². The van der Waals surface area contributed by atoms with Gasteiger partial charge in [-0.25, -0.2) is 4.79 Å². The third-order valence-electron chi connectivity index (χ3n) is 1.46. The van der Waals surface area contributed by atoms with Crippen LogP contribution < -0.4 is 10.6 Å². The van der Waals surface area contributed by atoms with Gasteiger partial charge in [0.15, 0.2) is 0 Å². The minimum Gasteiger partial charge on any atom is -0.341 e. The van der Waals surface area contributed by atoms with E-state index in [1.165, 1.54) is 0 Å². The standard InChI is InChI=1S/C8H17N2O/c1-4-5-6-7(2)10-8(11)9-3/h4-6H2,1-3H3,(H2,9,10,11). The van der Waals surface area contributed by atoms with E-state index in [1.807, 2.05) is 6.92 Å². The number of hydrogen-bond donors (Lipinski definition) is 2. The smallest absolute Gasteiger partial charge is 0.315 e. The van der Waals surface area contributed by atoms with Crippen LogP contribution in [-0.4, -0.2) is 13.1 Å². The molecule has 0 aromatic heterocycles. The van der Waals surface area contributed by atoms with Crippen molar-refractivity contribution in [2.45, 2.75) is 33.1 Å². The molecule has 2 N–H and O–H groups in total. The number of urea groups is 1. The Balaban J connectivity index is 3.35. The van der Waals surface area contributed by atoms with Gasteiger partial charge in [-0.05, 0) is 13.3 Å². The predicted molar refractivity (Wildman–Crippen MR) is 46.0 cm³/mol. The lowest BCUT2D eigenvalue weighted by Crippen LogP contribution is -2.34. The van der Waals surface area contributed by atoms with E-state index in [4.69, 9.17) is 0 Å². The van der Waals surface area contributed by atoms with Crippen LogP contribution in [0.5, 0.6) is 0 Å². The van der Waals surface area contributed by atoms with Crippen LogP contribution >= 0.6 is 0 Å². The van der Waals surface area contributed by atoms with Crippen molar-refractivity contribution in [3.63, 3.8) is 0 Å². The number of hydrogen-bond acceptors (Lipinski definition) is 1. The first-order chi connectivity index (χ1) is 5.20. The Morgan fingerprint density at radius 3 is 2.55 bits per heavy atom. The molecule has 0 spiro atoms. The molecule has 0 aliphatic carbocycles. The van der Waals surface area contributed by atoms with Crippen LogP contribution in [0.3, 0.4) is 0 Å². The summed E-state index contributed by atoms with van der Waals surface area (Å²) >= 11 is 0. The van der Waals surface area contributed by atoms with E-state index >= 15 is 0 Å². The molecular formula is C8H17N2O. The van der Waals surface area contributed by atoms with Gasteiger partial charge in [-0.1, -0.05) is 19.8 Å². The van der Waals surface area contributed by atoms with Crippen LogP contribution in [0.25, 0.3) is 0 Å². The maximum atomic E-state index is 10.7. The first kappa shape index (κ1) is 10.3. The van der Waals surface area contributed by atoms with Crippen LogP contribution in [-0.2, 0) is 0 Å². The molecule has 0 heterocycles. The van der Waals surface area contributed by atoms with Gasteiger partial charge in [0.1, 0.15) is 0 Å². The fourth-order valence-corrected chi connectivity index (χ4v) is 0.761. The summed E-state index contributed by atoms with van der Waals surface area (Å²) in [6, 6.07) is 0.907. The fourth-order valence-electron chi connectivity index (χ4n) is 0.761. The largest absolute Gasteiger partial charge is 0.341 e. The second-order valence-electron chi connectivity index (χ2n) is 2.59. The van der Waals surface area contributed by atoms with Crippen LogP contribution in [0.4, 0.5) is 4.79 Å². The highest BCUT2D eigenvalue weighted by Gasteiger charge is 2.04. The molecule has 0 fully saturated rings. The molecule has 0 aromatic rings. The van der Waals surface area contributed by atoms with Crippen LogP contribution in [0.15, 0.2) is 0 Å². The van der Waals surface area contributed by atoms with Crippen molar-refractivity contribution in [3.05, 3.63) is 6.04 Å². The van der Waals surface area contributed by atoms with E-state index in [0.717, 1.165) is 25.3 Å². The zero-order chi connectivity index (χ0) is 8.69. The summed E-state index contributed by atoms with van der Waals surface area (Å²) in [5.74, 6) is 0. The Morgan fingerprint density at radius 1 is 1.45 bits per heavy atom. The van der Waals surface area contributed by atoms with E-state index in [9.17, 15) is 4.79 Å². The van der Waals surface area contributed by atoms with Crippen molar-refractivity contribution >= 4 is 6.03 Å². The molecule has 3 heteroatoms. The topological polar surface area (TPSA) is 41.1 Å². The Morgan fingerprint density at radius 2 is 2.09 bits per heavy atom. The lowest BCUT2D eigenvalue weighted by molar-refractivity contribution is 0.243. The molecule has 0 atom stereocenters. The van der Waals surface area contributed by atoms with Gasteiger partial charge in [0.05, 0.1) is 6.04 Å². The molecule has 0 aromatic carbocycles. The maximum Gasteiger partial charge on any atom is 0.315 e. The molecule has 0 aliphatic rings. The summed E-state index contributed by atoms with van der Waals surface area (Å²) in [6.07, 6.45) is 3.27. The normalized spacial score (nSPS) is 9.82. The number of carbonyl (C=O) groups excluding carboxylic acids is 1. The third-order valence-corrected chi connectivity index (χ3v) is 1.46. The maximum absolute atomic E-state index is 10.7. The number of amides is 2. The zero-order valence-electron chi connectivity index (χ0n) is 7.53. The molecule has 0 aliphatic heterocycles. The van der Waals surface area contributed by atoms with Crippen molar-refractivity contribution < 1.29 is 4.79 Å². The summed E-state index contributed by atoms with van der Waals surface area (Å²) in [6.45, 7) is 4.07. The first-order valence-corrected chi connectivity index (χ1v) is 4.01. The minimum atomic E-state index is -0.126. The average Bonchev–Trinajstić information content (AvgIpc) is 2.00. The molecule has 65 valence electrons. The molecule has 0 saturated carbocycles. The van der Waals surface area contributed by atoms with E-state index in [-0.39, 0.29) is 6.03 Å². The molecule has 11 heavy (non-hydrogen) atoms. The highest BCUT2D eigenvalue weighted by atomic mass is 16.2. The Bertz CT molecular complexity index is 115. The van der Waals surface area contributed by atoms with Gasteiger partial charge in [-0.2, -0.15) is 0 Å². The van der Waals surface area contributed by atoms with Crippen LogP contribution in [0.2, 0.25) is 0 Å². The molecular weight excluding hydrogens is 140 g/mol. The molecule has 0 unspecified atom stereocenters. The molecule has 1 radical (unpaired) electrons. The van der Waals surface area contributed by atoms with Crippen LogP contribution in [0, 0.1) is 6.04 Å². The van der Waals surface area contributed by atoms with Crippen molar-refractivity contribution in [2.75, 3.05) is 7.05 Å². The summed E-state index contributed by atoms with van der Waals surface area (Å²) in [5.41, 5.74) is 0. The molecule has 0 saturated heterocycles. The van der Waals surface area contributed by atoms with Gasteiger partial charge in [-0.15, -0.1) is 0 Å². The number of rotatable bonds is 4. The first-order valence-electron chi connectivity index (χ1n) is 4.01. The molecule has 3 nitrogen and oxygen atoms in total. The predicted octanol–water partition coefficient (Wildman–Crippen LogP) is 1.66. The van der Waals surface area contributed by atoms with E-state index < -0.39 is 0 Å². The third kappa shape index (κ3) is 5.70. The van der Waals surface area contributed by atoms with Crippen LogP contribution in [0.1, 0.15) is 33.1 Å². The number of nitrogens with one attached hydrogen (secondary N) is 2. The molecule has 0 bridgehead atoms.